The minimum atomic E-state index is -0.257. The second-order valence-electron chi connectivity index (χ2n) is 4.68. The monoisotopic (exact) mass is 233 g/mol. The fraction of sp³-hybridized carbons (Fsp3) is 0.462. The van der Waals surface area contributed by atoms with E-state index in [1.807, 2.05) is 6.07 Å². The van der Waals surface area contributed by atoms with Gasteiger partial charge in [-0.1, -0.05) is 6.07 Å². The summed E-state index contributed by atoms with van der Waals surface area (Å²) in [6.45, 7) is 0. The molecule has 3 unspecified atom stereocenters. The number of phenols is 1. The molecule has 1 saturated carbocycles. The van der Waals surface area contributed by atoms with Gasteiger partial charge < -0.3 is 14.9 Å². The zero-order valence-corrected chi connectivity index (χ0v) is 9.41. The molecule has 1 aromatic carbocycles. The molecule has 0 saturated heterocycles. The highest BCUT2D eigenvalue weighted by molar-refractivity contribution is 5.95. The SMILES string of the molecule is Oc1cccc(C2=NC3CC(O)CCC3O2)c1. The molecule has 3 atom stereocenters. The molecule has 1 aromatic rings. The van der Waals surface area contributed by atoms with Crippen LogP contribution < -0.4 is 0 Å². The largest absolute Gasteiger partial charge is 0.508 e. The Hall–Kier alpha value is -1.55. The number of rotatable bonds is 1. The van der Waals surface area contributed by atoms with Crippen molar-refractivity contribution in [1.29, 1.82) is 0 Å². The Bertz CT molecular complexity index is 458. The van der Waals surface area contributed by atoms with Crippen molar-refractivity contribution >= 4 is 5.90 Å². The molecular formula is C13H15NO3. The molecule has 4 nitrogen and oxygen atoms in total. The molecular weight excluding hydrogens is 218 g/mol. The lowest BCUT2D eigenvalue weighted by molar-refractivity contribution is 0.0624. The molecule has 1 aliphatic heterocycles. The summed E-state index contributed by atoms with van der Waals surface area (Å²) >= 11 is 0. The van der Waals surface area contributed by atoms with Crippen LogP contribution in [0.25, 0.3) is 0 Å². The van der Waals surface area contributed by atoms with E-state index in [1.54, 1.807) is 18.2 Å². The molecule has 0 spiro atoms. The zero-order valence-electron chi connectivity index (χ0n) is 9.41. The maximum absolute atomic E-state index is 9.59. The maximum atomic E-state index is 9.59. The van der Waals surface area contributed by atoms with Crippen molar-refractivity contribution in [3.63, 3.8) is 0 Å². The number of hydrogen-bond acceptors (Lipinski definition) is 4. The minimum Gasteiger partial charge on any atom is -0.508 e. The van der Waals surface area contributed by atoms with E-state index in [-0.39, 0.29) is 24.0 Å². The van der Waals surface area contributed by atoms with Gasteiger partial charge in [0.2, 0.25) is 5.90 Å². The van der Waals surface area contributed by atoms with Crippen molar-refractivity contribution in [3.05, 3.63) is 29.8 Å². The van der Waals surface area contributed by atoms with Gasteiger partial charge >= 0.3 is 0 Å². The fourth-order valence-electron chi connectivity index (χ4n) is 2.48. The topological polar surface area (TPSA) is 62.1 Å². The van der Waals surface area contributed by atoms with Gasteiger partial charge in [0.25, 0.3) is 0 Å². The van der Waals surface area contributed by atoms with Crippen LogP contribution in [0, 0.1) is 0 Å². The Balaban J connectivity index is 1.84. The van der Waals surface area contributed by atoms with Gasteiger partial charge in [0.15, 0.2) is 0 Å². The molecule has 2 N–H and O–H groups in total. The van der Waals surface area contributed by atoms with Crippen molar-refractivity contribution < 1.29 is 14.9 Å². The molecule has 0 amide bonds. The van der Waals surface area contributed by atoms with E-state index in [9.17, 15) is 10.2 Å². The Morgan fingerprint density at radius 3 is 3.00 bits per heavy atom. The summed E-state index contributed by atoms with van der Waals surface area (Å²) < 4.78 is 5.78. The van der Waals surface area contributed by atoms with E-state index in [0.29, 0.717) is 12.3 Å². The second-order valence-corrected chi connectivity index (χ2v) is 4.68. The maximum Gasteiger partial charge on any atom is 0.216 e. The first-order valence-electron chi connectivity index (χ1n) is 5.94. The van der Waals surface area contributed by atoms with Crippen LogP contribution in [0.1, 0.15) is 24.8 Å². The third kappa shape index (κ3) is 2.00. The van der Waals surface area contributed by atoms with E-state index < -0.39 is 0 Å². The van der Waals surface area contributed by atoms with Gasteiger partial charge in [0.1, 0.15) is 11.9 Å². The van der Waals surface area contributed by atoms with Gasteiger partial charge in [-0.05, 0) is 37.5 Å². The highest BCUT2D eigenvalue weighted by atomic mass is 16.5. The molecule has 4 heteroatoms. The van der Waals surface area contributed by atoms with Crippen LogP contribution in [0.3, 0.4) is 0 Å². The normalized spacial score (nSPS) is 31.6. The first-order valence-corrected chi connectivity index (χ1v) is 5.94. The van der Waals surface area contributed by atoms with Crippen LogP contribution in [0.5, 0.6) is 5.75 Å². The highest BCUT2D eigenvalue weighted by Crippen LogP contribution is 2.30. The highest BCUT2D eigenvalue weighted by Gasteiger charge is 2.36. The van der Waals surface area contributed by atoms with Crippen LogP contribution in [0.2, 0.25) is 0 Å². The van der Waals surface area contributed by atoms with E-state index in [2.05, 4.69) is 4.99 Å². The fourth-order valence-corrected chi connectivity index (χ4v) is 2.48. The Labute approximate surface area is 99.6 Å². The van der Waals surface area contributed by atoms with E-state index in [1.165, 1.54) is 0 Å². The Morgan fingerprint density at radius 1 is 1.29 bits per heavy atom. The van der Waals surface area contributed by atoms with Crippen molar-refractivity contribution in [2.75, 3.05) is 0 Å². The summed E-state index contributed by atoms with van der Waals surface area (Å²) in [6, 6.07) is 6.97. The predicted molar refractivity (Wildman–Crippen MR) is 63.2 cm³/mol. The summed E-state index contributed by atoms with van der Waals surface area (Å²) in [5.74, 6) is 0.800. The van der Waals surface area contributed by atoms with E-state index in [0.717, 1.165) is 18.4 Å². The third-order valence-corrected chi connectivity index (χ3v) is 3.37. The zero-order chi connectivity index (χ0) is 11.8. The summed E-state index contributed by atoms with van der Waals surface area (Å²) in [7, 11) is 0. The summed E-state index contributed by atoms with van der Waals surface area (Å²) in [5, 5.41) is 19.0. The number of aromatic hydroxyl groups is 1. The van der Waals surface area contributed by atoms with Crippen LogP contribution in [-0.2, 0) is 4.74 Å². The number of fused-ring (bicyclic) bond motifs is 1. The van der Waals surface area contributed by atoms with Crippen LogP contribution >= 0.6 is 0 Å². The van der Waals surface area contributed by atoms with E-state index in [4.69, 9.17) is 4.74 Å². The lowest BCUT2D eigenvalue weighted by Gasteiger charge is -2.25. The number of aliphatic imine (C=N–C) groups is 1. The summed E-state index contributed by atoms with van der Waals surface area (Å²) in [5.41, 5.74) is 0.800. The molecule has 0 radical (unpaired) electrons. The number of aliphatic hydroxyl groups is 1. The standard InChI is InChI=1S/C13H15NO3/c15-9-3-1-2-8(6-9)13-14-11-7-10(16)4-5-12(11)17-13/h1-3,6,10-12,15-16H,4-5,7H2. The van der Waals surface area contributed by atoms with Gasteiger partial charge in [-0.15, -0.1) is 0 Å². The molecule has 90 valence electrons. The van der Waals surface area contributed by atoms with Crippen LogP contribution in [0.4, 0.5) is 0 Å². The summed E-state index contributed by atoms with van der Waals surface area (Å²) in [4.78, 5) is 4.50. The molecule has 0 bridgehead atoms. The van der Waals surface area contributed by atoms with Gasteiger partial charge in [0, 0.05) is 5.56 Å². The number of benzene rings is 1. The molecule has 2 aliphatic rings. The number of ether oxygens (including phenoxy) is 1. The van der Waals surface area contributed by atoms with Crippen molar-refractivity contribution in [2.45, 2.75) is 37.5 Å². The molecule has 1 fully saturated rings. The van der Waals surface area contributed by atoms with Gasteiger partial charge in [-0.25, -0.2) is 4.99 Å². The Morgan fingerprint density at radius 2 is 2.18 bits per heavy atom. The third-order valence-electron chi connectivity index (χ3n) is 3.37. The minimum absolute atomic E-state index is 0.0658. The smallest absolute Gasteiger partial charge is 0.216 e. The van der Waals surface area contributed by atoms with Crippen molar-refractivity contribution in [2.24, 2.45) is 4.99 Å². The first-order chi connectivity index (χ1) is 8.22. The average Bonchev–Trinajstić information content (AvgIpc) is 2.72. The van der Waals surface area contributed by atoms with Crippen LogP contribution in [0.15, 0.2) is 29.3 Å². The van der Waals surface area contributed by atoms with Crippen LogP contribution in [-0.4, -0.2) is 34.4 Å². The van der Waals surface area contributed by atoms with Gasteiger partial charge in [0.05, 0.1) is 12.1 Å². The average molecular weight is 233 g/mol. The molecule has 0 aromatic heterocycles. The molecule has 1 aliphatic carbocycles. The molecule has 1 heterocycles. The molecule has 3 rings (SSSR count). The molecule has 17 heavy (non-hydrogen) atoms. The van der Waals surface area contributed by atoms with Gasteiger partial charge in [-0.2, -0.15) is 0 Å². The lowest BCUT2D eigenvalue weighted by Crippen LogP contribution is -2.33. The summed E-state index contributed by atoms with van der Waals surface area (Å²) in [6.07, 6.45) is 2.14. The number of phenolic OH excluding ortho intramolecular Hbond substituents is 1. The number of nitrogens with zero attached hydrogens (tertiary/aromatic N) is 1. The second kappa shape index (κ2) is 4.04. The number of aliphatic hydroxyl groups excluding tert-OH is 1. The van der Waals surface area contributed by atoms with Gasteiger partial charge in [-0.3, -0.25) is 0 Å². The lowest BCUT2D eigenvalue weighted by atomic mass is 9.91. The van der Waals surface area contributed by atoms with E-state index >= 15 is 0 Å². The number of hydrogen-bond donors (Lipinski definition) is 2. The predicted octanol–water partition coefficient (Wildman–Crippen LogP) is 1.45. The Kier molecular flexibility index (Phi) is 2.52. The van der Waals surface area contributed by atoms with Crippen molar-refractivity contribution in [3.8, 4) is 5.75 Å². The first kappa shape index (κ1) is 10.6. The quantitative estimate of drug-likeness (QED) is 0.771. The van der Waals surface area contributed by atoms with Crippen molar-refractivity contribution in [1.82, 2.24) is 0 Å².